The van der Waals surface area contributed by atoms with Gasteiger partial charge in [-0.05, 0) is 65.5 Å². The predicted octanol–water partition coefficient (Wildman–Crippen LogP) is 8.53. The van der Waals surface area contributed by atoms with Crippen molar-refractivity contribution in [3.63, 3.8) is 0 Å². The second kappa shape index (κ2) is 9.96. The Bertz CT molecular complexity index is 1020. The third-order valence-electron chi connectivity index (χ3n) is 6.41. The molecule has 3 aromatic rings. The fourth-order valence-corrected chi connectivity index (χ4v) is 5.44. The number of hydrogen-bond donors (Lipinski definition) is 0. The largest absolute Gasteiger partial charge is 0.293 e. The van der Waals surface area contributed by atoms with Crippen LogP contribution >= 0.6 is 11.3 Å². The minimum atomic E-state index is 0.212. The summed E-state index contributed by atoms with van der Waals surface area (Å²) >= 11 is 1.67. The maximum absolute atomic E-state index is 13.1. The summed E-state index contributed by atoms with van der Waals surface area (Å²) in [5, 5.41) is 0. The van der Waals surface area contributed by atoms with E-state index in [0.717, 1.165) is 36.5 Å². The molecule has 0 spiro atoms. The summed E-state index contributed by atoms with van der Waals surface area (Å²) in [5.41, 5.74) is 5.28. The Balaban J connectivity index is 1.50. The molecule has 1 unspecified atom stereocenters. The molecule has 1 nitrogen and oxygen atoms in total. The van der Waals surface area contributed by atoms with Crippen molar-refractivity contribution in [2.75, 3.05) is 0 Å². The molecule has 2 aromatic carbocycles. The fraction of sp³-hybridized carbons (Fsp3) is 0.414. The highest BCUT2D eigenvalue weighted by molar-refractivity contribution is 7.17. The van der Waals surface area contributed by atoms with Crippen LogP contribution in [-0.4, -0.2) is 5.78 Å². The molecule has 0 radical (unpaired) electrons. The van der Waals surface area contributed by atoms with Gasteiger partial charge in [0.25, 0.3) is 0 Å². The van der Waals surface area contributed by atoms with E-state index in [2.05, 4.69) is 81.4 Å². The van der Waals surface area contributed by atoms with Gasteiger partial charge < -0.3 is 0 Å². The van der Waals surface area contributed by atoms with Crippen molar-refractivity contribution >= 4 is 17.1 Å². The number of rotatable bonds is 10. The van der Waals surface area contributed by atoms with E-state index in [9.17, 15) is 4.79 Å². The number of carbonyl (C=O) groups is 1. The van der Waals surface area contributed by atoms with Crippen LogP contribution in [0.5, 0.6) is 0 Å². The Morgan fingerprint density at radius 2 is 1.74 bits per heavy atom. The standard InChI is InChI=1S/C29H34OS/c1-4-7-26(17-21-12-13-21)29(30)28-15-14-27(31-28)25-11-6-9-23(19-25)16-22-8-5-10-24(18-22)20(2)3/h5-6,8-11,14-15,18-21,26H,4,7,12-13,16-17H2,1-3H3. The molecule has 162 valence electrons. The first-order valence-corrected chi connectivity index (χ1v) is 12.7. The number of ketones is 1. The minimum absolute atomic E-state index is 0.212. The molecule has 1 saturated carbocycles. The molecule has 4 rings (SSSR count). The van der Waals surface area contributed by atoms with Gasteiger partial charge in [-0.1, -0.05) is 88.6 Å². The molecule has 0 N–H and O–H groups in total. The zero-order chi connectivity index (χ0) is 21.8. The number of Topliss-reactive ketones (excluding diaryl/α,β-unsaturated/α-hetero) is 1. The second-order valence-corrected chi connectivity index (χ2v) is 10.6. The maximum Gasteiger partial charge on any atom is 0.175 e. The molecule has 2 heteroatoms. The number of benzene rings is 2. The van der Waals surface area contributed by atoms with Crippen LogP contribution in [0.2, 0.25) is 0 Å². The molecule has 0 amide bonds. The molecule has 0 aliphatic heterocycles. The van der Waals surface area contributed by atoms with Crippen molar-refractivity contribution in [2.45, 2.75) is 65.2 Å². The van der Waals surface area contributed by atoms with Crippen LogP contribution in [0.15, 0.2) is 60.7 Å². The Kier molecular flexibility index (Phi) is 7.07. The predicted molar refractivity (Wildman–Crippen MR) is 133 cm³/mol. The van der Waals surface area contributed by atoms with E-state index in [0.29, 0.717) is 11.7 Å². The van der Waals surface area contributed by atoms with Crippen LogP contribution in [0.3, 0.4) is 0 Å². The van der Waals surface area contributed by atoms with Gasteiger partial charge in [0.1, 0.15) is 0 Å². The smallest absolute Gasteiger partial charge is 0.175 e. The third kappa shape index (κ3) is 5.74. The van der Waals surface area contributed by atoms with E-state index in [1.807, 2.05) is 0 Å². The van der Waals surface area contributed by atoms with Gasteiger partial charge in [-0.25, -0.2) is 0 Å². The average Bonchev–Trinajstić information content (AvgIpc) is 3.45. The van der Waals surface area contributed by atoms with Crippen molar-refractivity contribution in [3.8, 4) is 10.4 Å². The topological polar surface area (TPSA) is 17.1 Å². The lowest BCUT2D eigenvalue weighted by atomic mass is 9.92. The number of thiophene rings is 1. The average molecular weight is 431 g/mol. The van der Waals surface area contributed by atoms with Crippen molar-refractivity contribution in [2.24, 2.45) is 11.8 Å². The zero-order valence-corrected chi connectivity index (χ0v) is 19.9. The van der Waals surface area contributed by atoms with Gasteiger partial charge in [0.2, 0.25) is 0 Å². The Hall–Kier alpha value is -2.19. The summed E-state index contributed by atoms with van der Waals surface area (Å²) in [6, 6.07) is 21.9. The summed E-state index contributed by atoms with van der Waals surface area (Å²) in [6.07, 6.45) is 6.76. The SMILES string of the molecule is CCCC(CC1CC1)C(=O)c1ccc(-c2cccc(Cc3cccc(C(C)C)c3)c2)s1. The number of carbonyl (C=O) groups excluding carboxylic acids is 1. The van der Waals surface area contributed by atoms with Crippen LogP contribution < -0.4 is 0 Å². The summed E-state index contributed by atoms with van der Waals surface area (Å²) in [4.78, 5) is 15.3. The lowest BCUT2D eigenvalue weighted by molar-refractivity contribution is 0.0905. The molecule has 1 aliphatic rings. The Labute approximate surface area is 191 Å². The first-order valence-electron chi connectivity index (χ1n) is 11.9. The molecule has 1 aromatic heterocycles. The van der Waals surface area contributed by atoms with Gasteiger partial charge in [0.15, 0.2) is 5.78 Å². The van der Waals surface area contributed by atoms with Gasteiger partial charge in [-0.2, -0.15) is 0 Å². The summed E-state index contributed by atoms with van der Waals surface area (Å²) in [5.74, 6) is 1.92. The van der Waals surface area contributed by atoms with Gasteiger partial charge in [0, 0.05) is 10.8 Å². The molecule has 0 bridgehead atoms. The quantitative estimate of drug-likeness (QED) is 0.295. The van der Waals surface area contributed by atoms with Crippen LogP contribution in [0, 0.1) is 11.8 Å². The van der Waals surface area contributed by atoms with E-state index < -0.39 is 0 Å². The van der Waals surface area contributed by atoms with Crippen molar-refractivity contribution in [1.29, 1.82) is 0 Å². The van der Waals surface area contributed by atoms with E-state index in [1.165, 1.54) is 40.0 Å². The first kappa shape index (κ1) is 22.0. The summed E-state index contributed by atoms with van der Waals surface area (Å²) in [7, 11) is 0. The maximum atomic E-state index is 13.1. The third-order valence-corrected chi connectivity index (χ3v) is 7.56. The fourth-order valence-electron chi connectivity index (χ4n) is 4.42. The number of hydrogen-bond acceptors (Lipinski definition) is 2. The van der Waals surface area contributed by atoms with Crippen molar-refractivity contribution in [3.05, 3.63) is 82.2 Å². The molecule has 1 heterocycles. The van der Waals surface area contributed by atoms with E-state index in [1.54, 1.807) is 11.3 Å². The molecule has 1 atom stereocenters. The zero-order valence-electron chi connectivity index (χ0n) is 19.1. The minimum Gasteiger partial charge on any atom is -0.293 e. The van der Waals surface area contributed by atoms with Gasteiger partial charge in [-0.3, -0.25) is 4.79 Å². The summed E-state index contributed by atoms with van der Waals surface area (Å²) in [6.45, 7) is 6.67. The molecule has 31 heavy (non-hydrogen) atoms. The molecular formula is C29H34OS. The van der Waals surface area contributed by atoms with E-state index in [4.69, 9.17) is 0 Å². The first-order chi connectivity index (χ1) is 15.0. The van der Waals surface area contributed by atoms with Crippen LogP contribution in [0.1, 0.15) is 85.2 Å². The Morgan fingerprint density at radius 3 is 2.45 bits per heavy atom. The highest BCUT2D eigenvalue weighted by Gasteiger charge is 2.29. The lowest BCUT2D eigenvalue weighted by Gasteiger charge is -2.13. The van der Waals surface area contributed by atoms with Gasteiger partial charge in [0.05, 0.1) is 4.88 Å². The van der Waals surface area contributed by atoms with Crippen molar-refractivity contribution < 1.29 is 4.79 Å². The highest BCUT2D eigenvalue weighted by Crippen LogP contribution is 2.39. The normalized spacial score (nSPS) is 14.7. The van der Waals surface area contributed by atoms with Gasteiger partial charge >= 0.3 is 0 Å². The second-order valence-electron chi connectivity index (χ2n) is 9.47. The molecule has 1 fully saturated rings. The lowest BCUT2D eigenvalue weighted by Crippen LogP contribution is -2.14. The van der Waals surface area contributed by atoms with E-state index in [-0.39, 0.29) is 5.92 Å². The Morgan fingerprint density at radius 1 is 1.00 bits per heavy atom. The monoisotopic (exact) mass is 430 g/mol. The molecule has 0 saturated heterocycles. The van der Waals surface area contributed by atoms with Gasteiger partial charge in [-0.15, -0.1) is 11.3 Å². The van der Waals surface area contributed by atoms with Crippen LogP contribution in [0.25, 0.3) is 10.4 Å². The molecular weight excluding hydrogens is 396 g/mol. The van der Waals surface area contributed by atoms with E-state index >= 15 is 0 Å². The summed E-state index contributed by atoms with van der Waals surface area (Å²) < 4.78 is 0. The van der Waals surface area contributed by atoms with Crippen molar-refractivity contribution in [1.82, 2.24) is 0 Å². The van der Waals surface area contributed by atoms with Crippen LogP contribution in [-0.2, 0) is 6.42 Å². The van der Waals surface area contributed by atoms with Crippen LogP contribution in [0.4, 0.5) is 0 Å². The highest BCUT2D eigenvalue weighted by atomic mass is 32.1. The molecule has 1 aliphatic carbocycles.